The molecule has 2 rings (SSSR count). The van der Waals surface area contributed by atoms with E-state index in [0.29, 0.717) is 32.7 Å². The third-order valence-corrected chi connectivity index (χ3v) is 3.79. The van der Waals surface area contributed by atoms with E-state index in [2.05, 4.69) is 5.32 Å². The Morgan fingerprint density at radius 2 is 1.91 bits per heavy atom. The Morgan fingerprint density at radius 1 is 1.27 bits per heavy atom. The molecule has 0 aromatic heterocycles. The molecule has 1 aliphatic heterocycles. The molecular weight excluding hydrogens is 282 g/mol. The molecule has 1 fully saturated rings. The molecule has 1 aromatic carbocycles. The second kappa shape index (κ2) is 7.91. The molecule has 1 heterocycles. The molecule has 2 amide bonds. The first-order valence-electron chi connectivity index (χ1n) is 7.61. The van der Waals surface area contributed by atoms with Crippen molar-refractivity contribution >= 4 is 11.8 Å². The van der Waals surface area contributed by atoms with E-state index in [1.807, 2.05) is 25.1 Å². The second-order valence-corrected chi connectivity index (χ2v) is 5.30. The van der Waals surface area contributed by atoms with Crippen molar-refractivity contribution in [2.45, 2.75) is 25.4 Å². The van der Waals surface area contributed by atoms with E-state index in [4.69, 9.17) is 10.5 Å². The zero-order chi connectivity index (χ0) is 15.9. The van der Waals surface area contributed by atoms with Gasteiger partial charge in [0, 0.05) is 13.1 Å². The van der Waals surface area contributed by atoms with E-state index in [9.17, 15) is 9.59 Å². The maximum Gasteiger partial charge on any atom is 0.245 e. The smallest absolute Gasteiger partial charge is 0.245 e. The van der Waals surface area contributed by atoms with Crippen LogP contribution in [0, 0.1) is 0 Å². The highest BCUT2D eigenvalue weighted by Crippen LogP contribution is 2.11. The van der Waals surface area contributed by atoms with E-state index in [1.54, 1.807) is 17.0 Å². The van der Waals surface area contributed by atoms with Crippen LogP contribution in [0.1, 0.15) is 24.9 Å². The van der Waals surface area contributed by atoms with Gasteiger partial charge >= 0.3 is 0 Å². The highest BCUT2D eigenvalue weighted by molar-refractivity contribution is 5.90. The Morgan fingerprint density at radius 3 is 2.50 bits per heavy atom. The first-order valence-corrected chi connectivity index (χ1v) is 7.61. The van der Waals surface area contributed by atoms with Gasteiger partial charge in [0.15, 0.2) is 0 Å². The van der Waals surface area contributed by atoms with Gasteiger partial charge in [0.1, 0.15) is 12.1 Å². The molecule has 1 saturated heterocycles. The number of morpholine rings is 1. The number of hydrogen-bond donors (Lipinski definition) is 2. The average molecular weight is 305 g/mol. The highest BCUT2D eigenvalue weighted by atomic mass is 16.5. The monoisotopic (exact) mass is 305 g/mol. The number of nitrogens with zero attached hydrogens (tertiary/aromatic N) is 1. The molecule has 0 saturated carbocycles. The molecule has 1 aromatic rings. The lowest BCUT2D eigenvalue weighted by molar-refractivity contribution is -0.140. The summed E-state index contributed by atoms with van der Waals surface area (Å²) in [6.07, 6.45) is 0.531. The van der Waals surface area contributed by atoms with Crippen LogP contribution in [-0.4, -0.2) is 49.1 Å². The van der Waals surface area contributed by atoms with Gasteiger partial charge in [0.25, 0.3) is 0 Å². The standard InChI is InChI=1S/C16H23N3O3/c1-2-13(16(21)19-8-10-22-11-9-19)18-15(20)14(17)12-6-4-3-5-7-12/h3-7,13-14H,2,8-11,17H2,1H3,(H,18,20). The zero-order valence-corrected chi connectivity index (χ0v) is 12.8. The van der Waals surface area contributed by atoms with Gasteiger partial charge in [-0.15, -0.1) is 0 Å². The Labute approximate surface area is 130 Å². The van der Waals surface area contributed by atoms with Gasteiger partial charge in [-0.25, -0.2) is 0 Å². The first kappa shape index (κ1) is 16.5. The minimum Gasteiger partial charge on any atom is -0.378 e. The number of nitrogens with two attached hydrogens (primary N) is 1. The minimum absolute atomic E-state index is 0.0700. The van der Waals surface area contributed by atoms with E-state index in [1.165, 1.54) is 0 Å². The lowest BCUT2D eigenvalue weighted by atomic mass is 10.1. The predicted molar refractivity (Wildman–Crippen MR) is 83.0 cm³/mol. The fourth-order valence-corrected chi connectivity index (χ4v) is 2.42. The number of carbonyl (C=O) groups excluding carboxylic acids is 2. The maximum atomic E-state index is 12.4. The van der Waals surface area contributed by atoms with Crippen LogP contribution in [0.3, 0.4) is 0 Å². The summed E-state index contributed by atoms with van der Waals surface area (Å²) in [5, 5.41) is 2.77. The van der Waals surface area contributed by atoms with Gasteiger partial charge in [-0.3, -0.25) is 9.59 Å². The van der Waals surface area contributed by atoms with E-state index >= 15 is 0 Å². The summed E-state index contributed by atoms with van der Waals surface area (Å²) in [6, 6.07) is 7.82. The minimum atomic E-state index is -0.771. The van der Waals surface area contributed by atoms with Gasteiger partial charge in [-0.2, -0.15) is 0 Å². The van der Waals surface area contributed by atoms with Crippen LogP contribution in [0.25, 0.3) is 0 Å². The van der Waals surface area contributed by atoms with Crippen LogP contribution in [-0.2, 0) is 14.3 Å². The fraction of sp³-hybridized carbons (Fsp3) is 0.500. The van der Waals surface area contributed by atoms with Gasteiger partial charge in [-0.1, -0.05) is 37.3 Å². The van der Waals surface area contributed by atoms with Crippen LogP contribution >= 0.6 is 0 Å². The van der Waals surface area contributed by atoms with Crippen molar-refractivity contribution in [3.05, 3.63) is 35.9 Å². The van der Waals surface area contributed by atoms with Gasteiger partial charge < -0.3 is 20.7 Å². The van der Waals surface area contributed by atoms with Crippen molar-refractivity contribution in [1.29, 1.82) is 0 Å². The number of amides is 2. The fourth-order valence-electron chi connectivity index (χ4n) is 2.42. The number of ether oxygens (including phenoxy) is 1. The van der Waals surface area contributed by atoms with Gasteiger partial charge in [0.2, 0.25) is 11.8 Å². The molecule has 0 aliphatic carbocycles. The summed E-state index contributed by atoms with van der Waals surface area (Å²) < 4.78 is 5.24. The molecule has 0 bridgehead atoms. The quantitative estimate of drug-likeness (QED) is 0.827. The van der Waals surface area contributed by atoms with Crippen LogP contribution in [0.5, 0.6) is 0 Å². The van der Waals surface area contributed by atoms with Crippen molar-refractivity contribution in [1.82, 2.24) is 10.2 Å². The Bertz CT molecular complexity index is 501. The summed E-state index contributed by atoms with van der Waals surface area (Å²) >= 11 is 0. The van der Waals surface area contributed by atoms with E-state index in [-0.39, 0.29) is 11.8 Å². The number of nitrogens with one attached hydrogen (secondary N) is 1. The Hall–Kier alpha value is -1.92. The third kappa shape index (κ3) is 4.05. The number of carbonyl (C=O) groups is 2. The molecule has 2 unspecified atom stereocenters. The van der Waals surface area contributed by atoms with Crippen molar-refractivity contribution in [2.75, 3.05) is 26.3 Å². The number of hydrogen-bond acceptors (Lipinski definition) is 4. The van der Waals surface area contributed by atoms with Crippen molar-refractivity contribution < 1.29 is 14.3 Å². The second-order valence-electron chi connectivity index (χ2n) is 5.30. The third-order valence-electron chi connectivity index (χ3n) is 3.79. The van der Waals surface area contributed by atoms with Crippen molar-refractivity contribution in [2.24, 2.45) is 5.73 Å². The van der Waals surface area contributed by atoms with Gasteiger partial charge in [-0.05, 0) is 12.0 Å². The molecule has 2 atom stereocenters. The molecule has 0 radical (unpaired) electrons. The van der Waals surface area contributed by atoms with Crippen LogP contribution in [0.15, 0.2) is 30.3 Å². The lowest BCUT2D eigenvalue weighted by Crippen LogP contribution is -2.52. The zero-order valence-electron chi connectivity index (χ0n) is 12.8. The predicted octanol–water partition coefficient (Wildman–Crippen LogP) is 0.440. The summed E-state index contributed by atoms with van der Waals surface area (Å²) in [6.45, 7) is 4.09. The summed E-state index contributed by atoms with van der Waals surface area (Å²) in [7, 11) is 0. The Balaban J connectivity index is 1.96. The summed E-state index contributed by atoms with van der Waals surface area (Å²) in [5.41, 5.74) is 6.69. The topological polar surface area (TPSA) is 84.7 Å². The van der Waals surface area contributed by atoms with E-state index < -0.39 is 12.1 Å². The van der Waals surface area contributed by atoms with Crippen molar-refractivity contribution in [3.63, 3.8) is 0 Å². The summed E-state index contributed by atoms with van der Waals surface area (Å²) in [5.74, 6) is -0.404. The molecule has 3 N–H and O–H groups in total. The maximum absolute atomic E-state index is 12.4. The first-order chi connectivity index (χ1) is 10.6. The molecule has 22 heavy (non-hydrogen) atoms. The van der Waals surface area contributed by atoms with Crippen LogP contribution in [0.4, 0.5) is 0 Å². The largest absolute Gasteiger partial charge is 0.378 e. The Kier molecular flexibility index (Phi) is 5.91. The molecule has 6 nitrogen and oxygen atoms in total. The van der Waals surface area contributed by atoms with E-state index in [0.717, 1.165) is 5.56 Å². The molecule has 120 valence electrons. The SMILES string of the molecule is CCC(NC(=O)C(N)c1ccccc1)C(=O)N1CCOCC1. The molecular formula is C16H23N3O3. The average Bonchev–Trinajstić information content (AvgIpc) is 2.59. The lowest BCUT2D eigenvalue weighted by Gasteiger charge is -2.30. The molecule has 6 heteroatoms. The molecule has 1 aliphatic rings. The van der Waals surface area contributed by atoms with Gasteiger partial charge in [0.05, 0.1) is 13.2 Å². The number of benzene rings is 1. The van der Waals surface area contributed by atoms with Crippen LogP contribution in [0.2, 0.25) is 0 Å². The highest BCUT2D eigenvalue weighted by Gasteiger charge is 2.27. The summed E-state index contributed by atoms with van der Waals surface area (Å²) in [4.78, 5) is 26.4. The van der Waals surface area contributed by atoms with Crippen LogP contribution < -0.4 is 11.1 Å². The normalized spacial score (nSPS) is 17.6. The van der Waals surface area contributed by atoms with Crippen molar-refractivity contribution in [3.8, 4) is 0 Å². The number of rotatable bonds is 5. The molecule has 0 spiro atoms.